The number of hydrogen-bond acceptors (Lipinski definition) is 5. The molecule has 6 heteroatoms. The molecular formula is C7H5NO4S. The van der Waals surface area contributed by atoms with Crippen LogP contribution >= 0.6 is 12.0 Å². The standard InChI is InChI=1S/C7H5NO4S/c9-5-12-13-7-4-2-1-3-6(7)8(10)11/h1-5H. The average Bonchev–Trinajstić information content (AvgIpc) is 2.15. The summed E-state index contributed by atoms with van der Waals surface area (Å²) in [5, 5.41) is 10.4. The molecule has 1 rings (SSSR count). The second-order valence-electron chi connectivity index (χ2n) is 2.00. The van der Waals surface area contributed by atoms with Gasteiger partial charge in [0.05, 0.1) is 4.92 Å². The molecule has 0 radical (unpaired) electrons. The molecule has 1 aromatic rings. The third kappa shape index (κ3) is 2.45. The lowest BCUT2D eigenvalue weighted by molar-refractivity contribution is -0.387. The molecule has 68 valence electrons. The van der Waals surface area contributed by atoms with Crippen molar-refractivity contribution in [1.82, 2.24) is 0 Å². The highest BCUT2D eigenvalue weighted by molar-refractivity contribution is 7.95. The Balaban J connectivity index is 2.90. The maximum Gasteiger partial charge on any atom is 0.305 e. The van der Waals surface area contributed by atoms with Crippen molar-refractivity contribution in [3.8, 4) is 0 Å². The third-order valence-corrected chi connectivity index (χ3v) is 1.94. The second kappa shape index (κ2) is 4.46. The largest absolute Gasteiger partial charge is 0.388 e. The summed E-state index contributed by atoms with van der Waals surface area (Å²) in [6.07, 6.45) is 0. The van der Waals surface area contributed by atoms with E-state index in [4.69, 9.17) is 0 Å². The van der Waals surface area contributed by atoms with Crippen LogP contribution < -0.4 is 0 Å². The van der Waals surface area contributed by atoms with E-state index in [1.165, 1.54) is 12.1 Å². The van der Waals surface area contributed by atoms with Gasteiger partial charge in [0.2, 0.25) is 0 Å². The lowest BCUT2D eigenvalue weighted by Gasteiger charge is -1.97. The van der Waals surface area contributed by atoms with E-state index in [1.807, 2.05) is 0 Å². The minimum Gasteiger partial charge on any atom is -0.388 e. The van der Waals surface area contributed by atoms with Crippen molar-refractivity contribution in [3.05, 3.63) is 34.4 Å². The Labute approximate surface area is 78.1 Å². The summed E-state index contributed by atoms with van der Waals surface area (Å²) in [7, 11) is 0. The van der Waals surface area contributed by atoms with E-state index in [9.17, 15) is 14.9 Å². The molecule has 0 saturated heterocycles. The van der Waals surface area contributed by atoms with Crippen LogP contribution in [0.2, 0.25) is 0 Å². The van der Waals surface area contributed by atoms with Gasteiger partial charge in [0.25, 0.3) is 5.69 Å². The summed E-state index contributed by atoms with van der Waals surface area (Å²) in [6.45, 7) is 0.224. The van der Waals surface area contributed by atoms with Crippen LogP contribution in [0.15, 0.2) is 29.2 Å². The molecule has 0 aliphatic heterocycles. The first-order valence-electron chi connectivity index (χ1n) is 3.26. The fourth-order valence-corrected chi connectivity index (χ4v) is 1.25. The van der Waals surface area contributed by atoms with Gasteiger partial charge >= 0.3 is 6.47 Å². The number of rotatable bonds is 4. The van der Waals surface area contributed by atoms with Crippen LogP contribution in [0.3, 0.4) is 0 Å². The monoisotopic (exact) mass is 199 g/mol. The fourth-order valence-electron chi connectivity index (χ4n) is 0.750. The zero-order chi connectivity index (χ0) is 9.68. The van der Waals surface area contributed by atoms with E-state index in [-0.39, 0.29) is 12.2 Å². The van der Waals surface area contributed by atoms with Crippen LogP contribution in [0.4, 0.5) is 5.69 Å². The smallest absolute Gasteiger partial charge is 0.305 e. The van der Waals surface area contributed by atoms with Crippen LogP contribution in [0.1, 0.15) is 0 Å². The Morgan fingerprint density at radius 3 is 2.77 bits per heavy atom. The molecule has 0 aliphatic rings. The van der Waals surface area contributed by atoms with Crippen molar-refractivity contribution in [2.45, 2.75) is 4.90 Å². The Hall–Kier alpha value is -1.56. The number of carbonyl (C=O) groups is 1. The fraction of sp³-hybridized carbons (Fsp3) is 0. The Morgan fingerprint density at radius 1 is 1.46 bits per heavy atom. The van der Waals surface area contributed by atoms with Crippen LogP contribution in [0, 0.1) is 10.1 Å². The van der Waals surface area contributed by atoms with E-state index >= 15 is 0 Å². The molecule has 0 spiro atoms. The molecule has 0 fully saturated rings. The first-order valence-corrected chi connectivity index (χ1v) is 4.00. The van der Waals surface area contributed by atoms with Crippen LogP contribution in [-0.2, 0) is 8.98 Å². The molecule has 0 atom stereocenters. The number of carbonyl (C=O) groups excluding carboxylic acids is 1. The van der Waals surface area contributed by atoms with E-state index in [1.54, 1.807) is 12.1 Å². The predicted octanol–water partition coefficient (Wildman–Crippen LogP) is 1.77. The summed E-state index contributed by atoms with van der Waals surface area (Å²) < 4.78 is 4.34. The van der Waals surface area contributed by atoms with Gasteiger partial charge in [-0.15, -0.1) is 0 Å². The molecule has 0 aliphatic carbocycles. The molecule has 0 unspecified atom stereocenters. The van der Waals surface area contributed by atoms with Crippen molar-refractivity contribution >= 4 is 24.2 Å². The van der Waals surface area contributed by atoms with Gasteiger partial charge in [-0.1, -0.05) is 12.1 Å². The highest BCUT2D eigenvalue weighted by Crippen LogP contribution is 2.28. The van der Waals surface area contributed by atoms with Gasteiger partial charge in [0, 0.05) is 6.07 Å². The topological polar surface area (TPSA) is 69.4 Å². The number of benzene rings is 1. The van der Waals surface area contributed by atoms with E-state index in [0.29, 0.717) is 16.9 Å². The lowest BCUT2D eigenvalue weighted by Crippen LogP contribution is -1.90. The molecule has 0 saturated carbocycles. The van der Waals surface area contributed by atoms with Gasteiger partial charge in [-0.25, -0.2) is 0 Å². The highest BCUT2D eigenvalue weighted by Gasteiger charge is 2.13. The van der Waals surface area contributed by atoms with Crippen molar-refractivity contribution in [2.24, 2.45) is 0 Å². The number of nitro benzene ring substituents is 1. The Bertz CT molecular complexity index is 328. The summed E-state index contributed by atoms with van der Waals surface area (Å²) >= 11 is 0.666. The molecule has 5 nitrogen and oxygen atoms in total. The molecule has 0 N–H and O–H groups in total. The van der Waals surface area contributed by atoms with E-state index in [0.717, 1.165) is 0 Å². The van der Waals surface area contributed by atoms with Gasteiger partial charge < -0.3 is 4.18 Å². The molecule has 13 heavy (non-hydrogen) atoms. The van der Waals surface area contributed by atoms with Gasteiger partial charge in [0.1, 0.15) is 16.9 Å². The van der Waals surface area contributed by atoms with Gasteiger partial charge in [0.15, 0.2) is 0 Å². The van der Waals surface area contributed by atoms with Crippen molar-refractivity contribution in [2.75, 3.05) is 0 Å². The maximum absolute atomic E-state index is 10.4. The summed E-state index contributed by atoms with van der Waals surface area (Å²) in [4.78, 5) is 20.1. The summed E-state index contributed by atoms with van der Waals surface area (Å²) in [5.74, 6) is 0. The average molecular weight is 199 g/mol. The van der Waals surface area contributed by atoms with Gasteiger partial charge in [-0.3, -0.25) is 14.9 Å². The molecule has 0 aromatic heterocycles. The lowest BCUT2D eigenvalue weighted by atomic mass is 10.3. The zero-order valence-corrected chi connectivity index (χ0v) is 7.19. The van der Waals surface area contributed by atoms with E-state index < -0.39 is 4.92 Å². The second-order valence-corrected chi connectivity index (χ2v) is 2.80. The van der Waals surface area contributed by atoms with Gasteiger partial charge in [-0.2, -0.15) is 0 Å². The molecule has 0 heterocycles. The minimum absolute atomic E-state index is 0.0747. The Morgan fingerprint density at radius 2 is 2.15 bits per heavy atom. The molecular weight excluding hydrogens is 194 g/mol. The first-order chi connectivity index (χ1) is 6.25. The van der Waals surface area contributed by atoms with Crippen LogP contribution in [-0.4, -0.2) is 11.4 Å². The summed E-state index contributed by atoms with van der Waals surface area (Å²) in [5.41, 5.74) is -0.0747. The first kappa shape index (κ1) is 9.53. The SMILES string of the molecule is O=COSc1ccccc1[N+](=O)[O-]. The minimum atomic E-state index is -0.531. The zero-order valence-electron chi connectivity index (χ0n) is 6.38. The predicted molar refractivity (Wildman–Crippen MR) is 46.1 cm³/mol. The number of nitrogens with zero attached hydrogens (tertiary/aromatic N) is 1. The third-order valence-electron chi connectivity index (χ3n) is 1.24. The van der Waals surface area contributed by atoms with Crippen molar-refractivity contribution in [3.63, 3.8) is 0 Å². The van der Waals surface area contributed by atoms with Crippen LogP contribution in [0.25, 0.3) is 0 Å². The van der Waals surface area contributed by atoms with Crippen molar-refractivity contribution < 1.29 is 13.9 Å². The number of hydrogen-bond donors (Lipinski definition) is 0. The maximum atomic E-state index is 10.4. The quantitative estimate of drug-likeness (QED) is 0.320. The normalized spacial score (nSPS) is 9.23. The van der Waals surface area contributed by atoms with Gasteiger partial charge in [-0.05, 0) is 6.07 Å². The highest BCUT2D eigenvalue weighted by atomic mass is 32.2. The van der Waals surface area contributed by atoms with Crippen LogP contribution in [0.5, 0.6) is 0 Å². The molecule has 0 amide bonds. The summed E-state index contributed by atoms with van der Waals surface area (Å²) in [6, 6.07) is 6.02. The molecule has 1 aromatic carbocycles. The molecule has 0 bridgehead atoms. The number of nitro groups is 1. The Kier molecular flexibility index (Phi) is 3.27. The van der Waals surface area contributed by atoms with E-state index in [2.05, 4.69) is 4.18 Å². The number of para-hydroxylation sites is 1. The van der Waals surface area contributed by atoms with Crippen molar-refractivity contribution in [1.29, 1.82) is 0 Å².